The fourth-order valence-electron chi connectivity index (χ4n) is 5.84. The lowest BCUT2D eigenvalue weighted by Gasteiger charge is -2.31. The molecule has 3 aliphatic rings. The van der Waals surface area contributed by atoms with Crippen LogP contribution in [0.4, 0.5) is 9.52 Å². The average molecular weight is 602 g/mol. The first-order valence-corrected chi connectivity index (χ1v) is 14.5. The number of fused-ring (bicyclic) bond motifs is 3. The van der Waals surface area contributed by atoms with Gasteiger partial charge >= 0.3 is 11.9 Å². The van der Waals surface area contributed by atoms with Crippen LogP contribution in [-0.2, 0) is 9.47 Å². The van der Waals surface area contributed by atoms with E-state index in [0.717, 1.165) is 25.3 Å². The van der Waals surface area contributed by atoms with Crippen molar-refractivity contribution in [3.05, 3.63) is 63.1 Å². The highest BCUT2D eigenvalue weighted by Gasteiger charge is 2.48. The maximum atomic E-state index is 14.7. The molecule has 7 rings (SSSR count). The molecule has 206 valence electrons. The zero-order valence-corrected chi connectivity index (χ0v) is 23.5. The highest BCUT2D eigenvalue weighted by molar-refractivity contribution is 7.22. The minimum Gasteiger partial charge on any atom is -0.465 e. The number of esters is 2. The lowest BCUT2D eigenvalue weighted by atomic mass is 10.0. The van der Waals surface area contributed by atoms with E-state index in [1.54, 1.807) is 24.3 Å². The minimum atomic E-state index is -0.599. The summed E-state index contributed by atoms with van der Waals surface area (Å²) in [6.45, 7) is 0.621. The van der Waals surface area contributed by atoms with Crippen molar-refractivity contribution in [2.45, 2.75) is 43.7 Å². The Morgan fingerprint density at radius 2 is 1.93 bits per heavy atom. The molecular weight excluding hydrogens is 580 g/mol. The van der Waals surface area contributed by atoms with E-state index in [1.165, 1.54) is 18.4 Å². The lowest BCUT2D eigenvalue weighted by molar-refractivity contribution is 0.0191. The molecule has 40 heavy (non-hydrogen) atoms. The van der Waals surface area contributed by atoms with Crippen molar-refractivity contribution < 1.29 is 28.0 Å². The molecule has 3 atom stereocenters. The molecular formula is C28H22Cl2FN3O5S. The standard InChI is InChI=1S/C28H22Cl2FN3O5S/c1-37-26(35)13-8-18(31)23-20(9-13)40-28(32-23)34-11-14-7-15(34)10-19(14)38-27(36)22-24(33-39-25(22)12-5-6-12)21-16(29)3-2-4-17(21)30/h2-4,8-9,12,14-15,19H,5-7,10-11H2,1H3/t14-,15-,19+/m1/s1. The van der Waals surface area contributed by atoms with E-state index in [2.05, 4.69) is 15.0 Å². The summed E-state index contributed by atoms with van der Waals surface area (Å²) in [5.74, 6) is -0.920. The first-order chi connectivity index (χ1) is 19.3. The van der Waals surface area contributed by atoms with Gasteiger partial charge in [-0.15, -0.1) is 0 Å². The Labute approximate surface area is 241 Å². The zero-order chi connectivity index (χ0) is 27.7. The van der Waals surface area contributed by atoms with Crippen LogP contribution in [0, 0.1) is 11.7 Å². The van der Waals surface area contributed by atoms with Gasteiger partial charge in [0.05, 0.1) is 27.4 Å². The second-order valence-electron chi connectivity index (χ2n) is 10.4. The number of thiazole rings is 1. The molecule has 1 aliphatic heterocycles. The summed E-state index contributed by atoms with van der Waals surface area (Å²) in [6, 6.07) is 7.95. The third-order valence-corrected chi connectivity index (χ3v) is 9.58. The van der Waals surface area contributed by atoms with Crippen LogP contribution in [0.1, 0.15) is 58.1 Å². The van der Waals surface area contributed by atoms with Gasteiger partial charge < -0.3 is 18.9 Å². The molecule has 0 amide bonds. The predicted molar refractivity (Wildman–Crippen MR) is 148 cm³/mol. The summed E-state index contributed by atoms with van der Waals surface area (Å²) in [6.07, 6.45) is 2.99. The van der Waals surface area contributed by atoms with Gasteiger partial charge in [0.25, 0.3) is 0 Å². The number of rotatable bonds is 6. The van der Waals surface area contributed by atoms with E-state index in [9.17, 15) is 14.0 Å². The molecule has 1 saturated heterocycles. The van der Waals surface area contributed by atoms with Crippen molar-refractivity contribution in [3.63, 3.8) is 0 Å². The minimum absolute atomic E-state index is 0.0908. The van der Waals surface area contributed by atoms with Crippen LogP contribution in [0.25, 0.3) is 21.5 Å². The summed E-state index contributed by atoms with van der Waals surface area (Å²) in [7, 11) is 1.26. The predicted octanol–water partition coefficient (Wildman–Crippen LogP) is 6.89. The van der Waals surface area contributed by atoms with Crippen molar-refractivity contribution >= 4 is 61.8 Å². The lowest BCUT2D eigenvalue weighted by Crippen LogP contribution is -2.39. The number of methoxy groups -OCH3 is 1. The van der Waals surface area contributed by atoms with Crippen LogP contribution in [0.5, 0.6) is 0 Å². The molecule has 2 aromatic carbocycles. The number of hydrogen-bond acceptors (Lipinski definition) is 9. The van der Waals surface area contributed by atoms with E-state index >= 15 is 0 Å². The normalized spacial score (nSPS) is 21.8. The number of ether oxygens (including phenoxy) is 2. The van der Waals surface area contributed by atoms with Gasteiger partial charge in [0, 0.05) is 36.4 Å². The number of halogens is 3. The molecule has 0 unspecified atom stereocenters. The molecule has 12 heteroatoms. The Morgan fingerprint density at radius 1 is 1.15 bits per heavy atom. The Morgan fingerprint density at radius 3 is 2.60 bits per heavy atom. The van der Waals surface area contributed by atoms with Crippen molar-refractivity contribution in [1.82, 2.24) is 10.1 Å². The van der Waals surface area contributed by atoms with Gasteiger partial charge in [-0.25, -0.2) is 19.0 Å². The maximum absolute atomic E-state index is 14.7. The van der Waals surface area contributed by atoms with E-state index in [-0.39, 0.29) is 35.1 Å². The Bertz CT molecular complexity index is 1670. The van der Waals surface area contributed by atoms with E-state index in [0.29, 0.717) is 55.4 Å². The molecule has 2 saturated carbocycles. The summed E-state index contributed by atoms with van der Waals surface area (Å²) in [5, 5.41) is 5.62. The fourth-order valence-corrected chi connectivity index (χ4v) is 7.51. The van der Waals surface area contributed by atoms with Crippen LogP contribution in [0.2, 0.25) is 10.0 Å². The number of aromatic nitrogens is 2. The molecule has 0 spiro atoms. The maximum Gasteiger partial charge on any atom is 0.344 e. The SMILES string of the molecule is COC(=O)c1cc(F)c2nc(N3C[C@H]4C[C@@H]3C[C@@H]4OC(=O)c3c(-c4c(Cl)cccc4Cl)noc3C3CC3)sc2c1. The van der Waals surface area contributed by atoms with E-state index < -0.39 is 17.8 Å². The molecule has 2 aromatic heterocycles. The number of anilines is 1. The quantitative estimate of drug-likeness (QED) is 0.221. The number of carbonyl (C=O) groups excluding carboxylic acids is 2. The van der Waals surface area contributed by atoms with Crippen molar-refractivity contribution in [3.8, 4) is 11.3 Å². The monoisotopic (exact) mass is 601 g/mol. The van der Waals surface area contributed by atoms with Crippen LogP contribution in [-0.4, -0.2) is 47.9 Å². The topological polar surface area (TPSA) is 94.8 Å². The molecule has 3 fully saturated rings. The van der Waals surface area contributed by atoms with Crippen molar-refractivity contribution in [1.29, 1.82) is 0 Å². The third-order valence-electron chi connectivity index (χ3n) is 7.91. The van der Waals surface area contributed by atoms with Gasteiger partial charge in [0.1, 0.15) is 22.9 Å². The van der Waals surface area contributed by atoms with Crippen molar-refractivity contribution in [2.75, 3.05) is 18.6 Å². The smallest absolute Gasteiger partial charge is 0.344 e. The molecule has 3 heterocycles. The van der Waals surface area contributed by atoms with Crippen LogP contribution in [0.3, 0.4) is 0 Å². The first kappa shape index (κ1) is 25.7. The molecule has 2 bridgehead atoms. The fraction of sp³-hybridized carbons (Fsp3) is 0.357. The van der Waals surface area contributed by atoms with Gasteiger partial charge in [0.15, 0.2) is 16.7 Å². The average Bonchev–Trinajstić information content (AvgIpc) is 3.26. The highest BCUT2D eigenvalue weighted by Crippen LogP contribution is 2.48. The number of piperidine rings is 1. The summed E-state index contributed by atoms with van der Waals surface area (Å²) < 4.78 is 31.7. The largest absolute Gasteiger partial charge is 0.465 e. The van der Waals surface area contributed by atoms with Crippen LogP contribution < -0.4 is 4.90 Å². The molecule has 2 aliphatic carbocycles. The zero-order valence-electron chi connectivity index (χ0n) is 21.2. The van der Waals surface area contributed by atoms with Gasteiger partial charge in [-0.1, -0.05) is 45.8 Å². The van der Waals surface area contributed by atoms with E-state index in [1.807, 2.05) is 0 Å². The number of carbonyl (C=O) groups is 2. The van der Waals surface area contributed by atoms with Gasteiger partial charge in [-0.3, -0.25) is 0 Å². The summed E-state index contributed by atoms with van der Waals surface area (Å²) >= 11 is 14.2. The Kier molecular flexibility index (Phi) is 6.25. The first-order valence-electron chi connectivity index (χ1n) is 12.9. The number of hydrogen-bond donors (Lipinski definition) is 0. The third kappa shape index (κ3) is 4.24. The Hall–Kier alpha value is -3.21. The molecule has 4 aromatic rings. The molecule has 0 radical (unpaired) electrons. The molecule has 8 nitrogen and oxygen atoms in total. The summed E-state index contributed by atoms with van der Waals surface area (Å²) in [4.78, 5) is 32.2. The van der Waals surface area contributed by atoms with E-state index in [4.69, 9.17) is 37.2 Å². The molecule has 0 N–H and O–H groups in total. The van der Waals surface area contributed by atoms with Gasteiger partial charge in [-0.2, -0.15) is 0 Å². The Balaban J connectivity index is 1.11. The number of benzene rings is 2. The van der Waals surface area contributed by atoms with Crippen molar-refractivity contribution in [2.24, 2.45) is 5.92 Å². The van der Waals surface area contributed by atoms with Gasteiger partial charge in [0.2, 0.25) is 0 Å². The summed E-state index contributed by atoms with van der Waals surface area (Å²) in [5.41, 5.74) is 1.42. The van der Waals surface area contributed by atoms with Crippen LogP contribution in [0.15, 0.2) is 34.9 Å². The second kappa shape index (κ2) is 9.71. The van der Waals surface area contributed by atoms with Gasteiger partial charge in [-0.05, 0) is 43.5 Å². The van der Waals surface area contributed by atoms with Crippen LogP contribution >= 0.6 is 34.5 Å². The second-order valence-corrected chi connectivity index (χ2v) is 12.2. The number of nitrogens with zero attached hydrogens (tertiary/aromatic N) is 3. The highest BCUT2D eigenvalue weighted by atomic mass is 35.5.